The zero-order chi connectivity index (χ0) is 25.5. The van der Waals surface area contributed by atoms with Crippen molar-refractivity contribution in [2.45, 2.75) is 26.4 Å². The number of aryl methyl sites for hydroxylation is 1. The van der Waals surface area contributed by atoms with Gasteiger partial charge in [-0.25, -0.2) is 9.97 Å². The summed E-state index contributed by atoms with van der Waals surface area (Å²) < 4.78 is 11.2. The van der Waals surface area contributed by atoms with Crippen molar-refractivity contribution in [2.75, 3.05) is 44.7 Å². The van der Waals surface area contributed by atoms with Crippen molar-refractivity contribution in [3.8, 4) is 11.3 Å². The summed E-state index contributed by atoms with van der Waals surface area (Å²) in [6.45, 7) is 7.53. The van der Waals surface area contributed by atoms with Gasteiger partial charge in [0.1, 0.15) is 6.61 Å². The van der Waals surface area contributed by atoms with Crippen molar-refractivity contribution in [3.63, 3.8) is 0 Å². The lowest BCUT2D eigenvalue weighted by molar-refractivity contribution is 0.0374. The fourth-order valence-corrected chi connectivity index (χ4v) is 4.57. The third-order valence-electron chi connectivity index (χ3n) is 6.52. The Labute approximate surface area is 217 Å². The molecule has 192 valence electrons. The molecule has 1 aromatic heterocycles. The third-order valence-corrected chi connectivity index (χ3v) is 6.52. The molecule has 8 heteroatoms. The summed E-state index contributed by atoms with van der Waals surface area (Å²) in [4.78, 5) is 24.7. The minimum Gasteiger partial charge on any atom is -0.497 e. The Balaban J connectivity index is 1.35. The number of allylic oxidation sites excluding steroid dienone is 1. The van der Waals surface area contributed by atoms with Gasteiger partial charge in [0.05, 0.1) is 25.2 Å². The van der Waals surface area contributed by atoms with Gasteiger partial charge in [-0.05, 0) is 73.3 Å². The number of carbonyl (C=O) groups is 1. The molecule has 1 amide bonds. The van der Waals surface area contributed by atoms with E-state index in [1.807, 2.05) is 55.6 Å². The van der Waals surface area contributed by atoms with Gasteiger partial charge >= 0.3 is 0 Å². The van der Waals surface area contributed by atoms with Gasteiger partial charge in [-0.3, -0.25) is 9.69 Å². The van der Waals surface area contributed by atoms with E-state index in [0.717, 1.165) is 72.9 Å². The molecule has 0 spiro atoms. The van der Waals surface area contributed by atoms with Crippen LogP contribution in [0.25, 0.3) is 11.3 Å². The molecule has 6 bridgehead atoms. The minimum atomic E-state index is -0.0911. The molecule has 0 aliphatic carbocycles. The van der Waals surface area contributed by atoms with Crippen LogP contribution >= 0.6 is 0 Å². The van der Waals surface area contributed by atoms with Crippen LogP contribution in [0.2, 0.25) is 0 Å². The highest BCUT2D eigenvalue weighted by molar-refractivity contribution is 5.95. The smallest absolute Gasteiger partial charge is 0.251 e. The predicted molar refractivity (Wildman–Crippen MR) is 144 cm³/mol. The molecule has 3 aromatic rings. The van der Waals surface area contributed by atoms with Crippen LogP contribution < -0.4 is 10.6 Å². The Bertz CT molecular complexity index is 1270. The molecule has 1 saturated heterocycles. The second kappa shape index (κ2) is 12.0. The van der Waals surface area contributed by atoms with Crippen LogP contribution in [0.4, 0.5) is 11.6 Å². The highest BCUT2D eigenvalue weighted by atomic mass is 16.5. The number of hydrogen-bond donors (Lipinski definition) is 2. The molecule has 0 atom stereocenters. The van der Waals surface area contributed by atoms with Crippen LogP contribution in [0.5, 0.6) is 0 Å². The maximum Gasteiger partial charge on any atom is 0.251 e. The molecular formula is C29H33N5O3. The first-order valence-corrected chi connectivity index (χ1v) is 12.8. The van der Waals surface area contributed by atoms with E-state index >= 15 is 0 Å². The van der Waals surface area contributed by atoms with Gasteiger partial charge in [0.15, 0.2) is 0 Å². The Hall–Kier alpha value is -3.75. The summed E-state index contributed by atoms with van der Waals surface area (Å²) in [5.74, 6) is 0.397. The van der Waals surface area contributed by atoms with Gasteiger partial charge in [0, 0.05) is 42.6 Å². The summed E-state index contributed by atoms with van der Waals surface area (Å²) in [6, 6.07) is 14.0. The van der Waals surface area contributed by atoms with E-state index in [1.165, 1.54) is 0 Å². The number of anilines is 2. The number of aromatic nitrogens is 2. The summed E-state index contributed by atoms with van der Waals surface area (Å²) in [5, 5.41) is 6.39. The average Bonchev–Trinajstić information content (AvgIpc) is 2.92. The number of fused-ring (bicyclic) bond motifs is 7. The number of nitrogens with one attached hydrogen (secondary N) is 2. The van der Waals surface area contributed by atoms with E-state index in [1.54, 1.807) is 6.26 Å². The second-order valence-electron chi connectivity index (χ2n) is 9.42. The van der Waals surface area contributed by atoms with E-state index < -0.39 is 0 Å². The fraction of sp³-hybridized carbons (Fsp3) is 0.345. The van der Waals surface area contributed by atoms with Crippen LogP contribution in [-0.4, -0.2) is 60.2 Å². The van der Waals surface area contributed by atoms with Crippen LogP contribution in [0.3, 0.4) is 0 Å². The SMILES string of the molecule is Cc1cnc2nc1-c1cccc(c1)CO/C=C/Cc1cc(cc(C(=O)NCCCN3CCOCC3)c1)N2. The number of rotatable bonds is 5. The summed E-state index contributed by atoms with van der Waals surface area (Å²) in [7, 11) is 0. The fourth-order valence-electron chi connectivity index (χ4n) is 4.57. The predicted octanol–water partition coefficient (Wildman–Crippen LogP) is 4.23. The van der Waals surface area contributed by atoms with Crippen molar-refractivity contribution in [1.29, 1.82) is 0 Å². The largest absolute Gasteiger partial charge is 0.497 e. The molecule has 3 heterocycles. The second-order valence-corrected chi connectivity index (χ2v) is 9.42. The van der Waals surface area contributed by atoms with E-state index in [4.69, 9.17) is 14.5 Å². The molecule has 37 heavy (non-hydrogen) atoms. The molecule has 2 aliphatic rings. The summed E-state index contributed by atoms with van der Waals surface area (Å²) in [6.07, 6.45) is 7.04. The molecule has 0 radical (unpaired) electrons. The number of ether oxygens (including phenoxy) is 2. The summed E-state index contributed by atoms with van der Waals surface area (Å²) >= 11 is 0. The molecule has 8 nitrogen and oxygen atoms in total. The highest BCUT2D eigenvalue weighted by Gasteiger charge is 2.13. The molecular weight excluding hydrogens is 466 g/mol. The topological polar surface area (TPSA) is 88.6 Å². The van der Waals surface area contributed by atoms with Gasteiger partial charge < -0.3 is 20.1 Å². The molecule has 0 unspecified atom stereocenters. The molecule has 2 aromatic carbocycles. The molecule has 0 saturated carbocycles. The van der Waals surface area contributed by atoms with Crippen molar-refractivity contribution in [3.05, 3.63) is 83.3 Å². The Morgan fingerprint density at radius 2 is 2.03 bits per heavy atom. The Morgan fingerprint density at radius 3 is 2.92 bits per heavy atom. The average molecular weight is 500 g/mol. The first-order chi connectivity index (χ1) is 18.1. The van der Waals surface area contributed by atoms with Gasteiger partial charge in [0.2, 0.25) is 5.95 Å². The standard InChI is InChI=1S/C29H33N5O3/c1-21-19-31-29-32-26-17-22(6-3-12-37-20-23-5-2-7-24(16-23)27(21)33-29)15-25(18-26)28(35)30-8-4-9-34-10-13-36-14-11-34/h2-3,5,7,12,15-19H,4,6,8-11,13-14,20H2,1H3,(H,30,35)(H,31,32,33)/b12-3+. The number of nitrogens with zero attached hydrogens (tertiary/aromatic N) is 3. The molecule has 2 aliphatic heterocycles. The number of hydrogen-bond acceptors (Lipinski definition) is 7. The van der Waals surface area contributed by atoms with Gasteiger partial charge in [-0.15, -0.1) is 0 Å². The van der Waals surface area contributed by atoms with Crippen molar-refractivity contribution in [1.82, 2.24) is 20.2 Å². The zero-order valence-corrected chi connectivity index (χ0v) is 21.2. The van der Waals surface area contributed by atoms with Crippen LogP contribution in [0.1, 0.15) is 33.5 Å². The van der Waals surface area contributed by atoms with Crippen molar-refractivity contribution < 1.29 is 14.3 Å². The number of morpholine rings is 1. The highest BCUT2D eigenvalue weighted by Crippen LogP contribution is 2.25. The maximum atomic E-state index is 13.0. The first-order valence-electron chi connectivity index (χ1n) is 12.8. The quantitative estimate of drug-likeness (QED) is 0.508. The maximum absolute atomic E-state index is 13.0. The number of amides is 1. The van der Waals surface area contributed by atoms with Gasteiger partial charge in [0.25, 0.3) is 5.91 Å². The Kier molecular flexibility index (Phi) is 8.08. The summed E-state index contributed by atoms with van der Waals surface area (Å²) in [5.41, 5.74) is 6.28. The normalized spacial score (nSPS) is 16.5. The monoisotopic (exact) mass is 499 g/mol. The first kappa shape index (κ1) is 24.9. The van der Waals surface area contributed by atoms with E-state index in [2.05, 4.69) is 26.6 Å². The van der Waals surface area contributed by atoms with Crippen LogP contribution in [-0.2, 0) is 22.5 Å². The van der Waals surface area contributed by atoms with Crippen molar-refractivity contribution in [2.24, 2.45) is 0 Å². The Morgan fingerprint density at radius 1 is 1.14 bits per heavy atom. The van der Waals surface area contributed by atoms with Gasteiger partial charge in [-0.2, -0.15) is 0 Å². The van der Waals surface area contributed by atoms with E-state index in [9.17, 15) is 4.79 Å². The lowest BCUT2D eigenvalue weighted by atomic mass is 10.1. The molecule has 2 N–H and O–H groups in total. The van der Waals surface area contributed by atoms with Crippen LogP contribution in [0.15, 0.2) is 61.0 Å². The molecule has 1 fully saturated rings. The third kappa shape index (κ3) is 6.72. The van der Waals surface area contributed by atoms with E-state index in [0.29, 0.717) is 31.1 Å². The van der Waals surface area contributed by atoms with Crippen LogP contribution in [0, 0.1) is 6.92 Å². The van der Waals surface area contributed by atoms with E-state index in [-0.39, 0.29) is 5.91 Å². The minimum absolute atomic E-state index is 0.0911. The lowest BCUT2D eigenvalue weighted by Crippen LogP contribution is -2.38. The molecule has 5 rings (SSSR count). The lowest BCUT2D eigenvalue weighted by Gasteiger charge is -2.26. The van der Waals surface area contributed by atoms with Crippen molar-refractivity contribution >= 4 is 17.5 Å². The number of carbonyl (C=O) groups excluding carboxylic acids is 1. The zero-order valence-electron chi connectivity index (χ0n) is 21.2. The van der Waals surface area contributed by atoms with Gasteiger partial charge in [-0.1, -0.05) is 18.2 Å². The number of benzene rings is 2.